The van der Waals surface area contributed by atoms with Gasteiger partial charge < -0.3 is 82.0 Å². The van der Waals surface area contributed by atoms with E-state index in [4.69, 9.17) is 40.1 Å². The van der Waals surface area contributed by atoms with Crippen molar-refractivity contribution >= 4 is 58.5 Å². The van der Waals surface area contributed by atoms with Gasteiger partial charge in [0.25, 0.3) is 5.56 Å². The number of aryl methyl sites for hydroxylation is 1. The lowest BCUT2D eigenvalue weighted by Gasteiger charge is -2.31. The molecule has 2 aliphatic heterocycles. The molecule has 2 aliphatic carbocycles. The van der Waals surface area contributed by atoms with Crippen LogP contribution in [0.1, 0.15) is 118 Å². The third kappa shape index (κ3) is 15.2. The van der Waals surface area contributed by atoms with E-state index in [1.54, 1.807) is 33.8 Å². The maximum absolute atomic E-state index is 15.4. The number of esters is 1. The van der Waals surface area contributed by atoms with Crippen molar-refractivity contribution in [3.8, 4) is 11.4 Å². The number of carbonyl (C=O) groups is 8. The Morgan fingerprint density at radius 1 is 0.890 bits per heavy atom. The number of nitrogens with zero attached hydrogens (tertiary/aromatic N) is 2. The van der Waals surface area contributed by atoms with Crippen molar-refractivity contribution in [3.63, 3.8) is 0 Å². The van der Waals surface area contributed by atoms with Gasteiger partial charge in [-0.3, -0.25) is 28.8 Å². The lowest BCUT2D eigenvalue weighted by molar-refractivity contribution is -0.172. The van der Waals surface area contributed by atoms with Gasteiger partial charge in [-0.15, -0.1) is 0 Å². The van der Waals surface area contributed by atoms with Crippen molar-refractivity contribution in [1.29, 1.82) is 0 Å². The van der Waals surface area contributed by atoms with Gasteiger partial charge in [0.15, 0.2) is 5.60 Å². The molecule has 1 aromatic carbocycles. The largest absolute Gasteiger partial charge is 0.458 e. The third-order valence-corrected chi connectivity index (χ3v) is 15.3. The van der Waals surface area contributed by atoms with Crippen molar-refractivity contribution in [2.24, 2.45) is 23.3 Å². The summed E-state index contributed by atoms with van der Waals surface area (Å²) in [5.41, 5.74) is 11.9. The molecule has 27 heteroatoms. The normalized spacial score (nSPS) is 19.4. The average molecular weight is 1150 g/mol. The monoisotopic (exact) mass is 1150 g/mol. The number of nitrogens with one attached hydrogen (secondary N) is 7. The van der Waals surface area contributed by atoms with Crippen molar-refractivity contribution in [2.45, 2.75) is 135 Å². The first-order chi connectivity index (χ1) is 39.2. The van der Waals surface area contributed by atoms with E-state index >= 15 is 4.39 Å². The Bertz CT molecular complexity index is 2950. The number of urea groups is 1. The second-order valence-electron chi connectivity index (χ2n) is 21.3. The SMILES string of the molecule is CC[C@@]1(O)C(=O)OCc2c1cc1n(c2=O)Cc2c-1nc1cc(F)c(C)c3c1c2[C@@H](NC(=O)COCNC(=O)CNC(=O)OCC1CCC(NC(=O)[C@H](CCCNC(N)=O)NC(=O)[C@@H](NC(=O)CCOCCOCCN)C(C)C)CC1)CC3. The first-order valence-electron chi connectivity index (χ1n) is 27.9. The summed E-state index contributed by atoms with van der Waals surface area (Å²) in [7, 11) is 0. The molecule has 0 unspecified atom stereocenters. The highest BCUT2D eigenvalue weighted by molar-refractivity contribution is 5.95. The van der Waals surface area contributed by atoms with E-state index in [0.29, 0.717) is 104 Å². The molecular weight excluding hydrogens is 1070 g/mol. The number of nitrogens with two attached hydrogens (primary N) is 2. The van der Waals surface area contributed by atoms with Crippen LogP contribution < -0.4 is 54.2 Å². The van der Waals surface area contributed by atoms with E-state index in [9.17, 15) is 48.3 Å². The Hall–Kier alpha value is -7.33. The molecule has 12 N–H and O–H groups in total. The number of pyridine rings is 2. The Morgan fingerprint density at radius 3 is 2.34 bits per heavy atom. The number of aromatic nitrogens is 2. The van der Waals surface area contributed by atoms with Gasteiger partial charge in [0, 0.05) is 48.1 Å². The zero-order valence-corrected chi connectivity index (χ0v) is 46.8. The fourth-order valence-electron chi connectivity index (χ4n) is 10.8. The molecule has 2 aromatic heterocycles. The molecule has 4 aliphatic rings. The molecule has 1 fully saturated rings. The van der Waals surface area contributed by atoms with E-state index in [0.717, 1.165) is 5.56 Å². The quantitative estimate of drug-likeness (QED) is 0.0211. The first kappa shape index (κ1) is 62.3. The Labute approximate surface area is 472 Å². The van der Waals surface area contributed by atoms with Gasteiger partial charge in [-0.1, -0.05) is 20.8 Å². The van der Waals surface area contributed by atoms with Crippen LogP contribution in [0.3, 0.4) is 0 Å². The summed E-state index contributed by atoms with van der Waals surface area (Å²) in [6.07, 6.45) is 2.71. The summed E-state index contributed by atoms with van der Waals surface area (Å²) in [6, 6.07) is -0.630. The smallest absolute Gasteiger partial charge is 0.407 e. The Balaban J connectivity index is 0.830. The average Bonchev–Trinajstić information content (AvgIpc) is 2.23. The molecule has 3 aromatic rings. The van der Waals surface area contributed by atoms with Crippen LogP contribution in [0.4, 0.5) is 14.0 Å². The maximum atomic E-state index is 15.4. The van der Waals surface area contributed by atoms with Gasteiger partial charge in [-0.2, -0.15) is 0 Å². The number of cyclic esters (lactones) is 1. The highest BCUT2D eigenvalue weighted by Gasteiger charge is 2.46. The number of aliphatic hydroxyl groups is 1. The number of primary amides is 1. The standard InChI is InChI=1S/C55H76FN11O15/c1-5-55(77)36-21-41-48-34(24-67(41)51(73)35(36)26-81-52(55)74)46-38(13-12-33-30(4)37(56)22-40(64-48)45(33)46)63-44(70)27-80-28-61-43(69)23-60-54(76)82-25-31-8-10-32(11-9-31)62-49(71)39(7-6-16-59-53(58)75)65-50(72)47(29(2)3)66-42(68)14-17-78-19-20-79-18-15-57/h21-22,29,31-32,38-39,47,77H,5-20,23-28,57H2,1-4H3,(H,60,76)(H,61,69)(H,62,71)(H,63,70)(H,65,72)(H,66,68)(H3,58,59,75)/t31?,32?,38-,39-,47-,55-/m0/s1. The number of benzene rings is 1. The van der Waals surface area contributed by atoms with Crippen LogP contribution >= 0.6 is 0 Å². The molecule has 26 nitrogen and oxygen atoms in total. The van der Waals surface area contributed by atoms with Crippen molar-refractivity contribution < 1.29 is 71.5 Å². The van der Waals surface area contributed by atoms with Gasteiger partial charge in [0.05, 0.1) is 68.1 Å². The molecule has 448 valence electrons. The molecule has 0 saturated heterocycles. The summed E-state index contributed by atoms with van der Waals surface area (Å²) in [5, 5.41) is 30.9. The van der Waals surface area contributed by atoms with E-state index in [-0.39, 0.29) is 94.5 Å². The second kappa shape index (κ2) is 28.6. The molecule has 0 bridgehead atoms. The molecule has 0 spiro atoms. The van der Waals surface area contributed by atoms with Gasteiger partial charge >= 0.3 is 18.1 Å². The summed E-state index contributed by atoms with van der Waals surface area (Å²) in [5.74, 6) is -4.21. The van der Waals surface area contributed by atoms with Crippen molar-refractivity contribution in [3.05, 3.63) is 61.7 Å². The molecule has 0 radical (unpaired) electrons. The van der Waals surface area contributed by atoms with Crippen LogP contribution in [-0.2, 0) is 77.6 Å². The highest BCUT2D eigenvalue weighted by Crippen LogP contribution is 2.46. The lowest BCUT2D eigenvalue weighted by Crippen LogP contribution is -2.56. The van der Waals surface area contributed by atoms with Crippen LogP contribution in [0, 0.1) is 24.6 Å². The number of alkyl carbamates (subject to hydrolysis) is 1. The molecule has 82 heavy (non-hydrogen) atoms. The number of hydrogen-bond acceptors (Lipinski definition) is 17. The van der Waals surface area contributed by atoms with E-state index in [1.807, 2.05) is 0 Å². The zero-order chi connectivity index (χ0) is 59.3. The van der Waals surface area contributed by atoms with Crippen molar-refractivity contribution in [1.82, 2.24) is 46.8 Å². The lowest BCUT2D eigenvalue weighted by atomic mass is 9.81. The summed E-state index contributed by atoms with van der Waals surface area (Å²) in [4.78, 5) is 121. The maximum Gasteiger partial charge on any atom is 0.407 e. The van der Waals surface area contributed by atoms with Crippen LogP contribution in [0.5, 0.6) is 0 Å². The van der Waals surface area contributed by atoms with Gasteiger partial charge in [0.2, 0.25) is 29.5 Å². The van der Waals surface area contributed by atoms with Crippen LogP contribution in [-0.4, -0.2) is 146 Å². The topological polar surface area (TPSA) is 374 Å². The molecule has 8 amide bonds. The molecule has 4 atom stereocenters. The van der Waals surface area contributed by atoms with Gasteiger partial charge in [-0.25, -0.2) is 23.8 Å². The predicted octanol–water partition coefficient (Wildman–Crippen LogP) is 0.578. The molecule has 7 rings (SSSR count). The Kier molecular flexibility index (Phi) is 21.7. The number of fused-ring (bicyclic) bond motifs is 5. The number of amides is 8. The van der Waals surface area contributed by atoms with Crippen LogP contribution in [0.2, 0.25) is 0 Å². The van der Waals surface area contributed by atoms with Crippen LogP contribution in [0.25, 0.3) is 22.3 Å². The summed E-state index contributed by atoms with van der Waals surface area (Å²) >= 11 is 0. The zero-order valence-electron chi connectivity index (χ0n) is 46.8. The number of ether oxygens (including phenoxy) is 5. The predicted molar refractivity (Wildman–Crippen MR) is 291 cm³/mol. The highest BCUT2D eigenvalue weighted by atomic mass is 19.1. The van der Waals surface area contributed by atoms with E-state index in [1.165, 1.54) is 10.6 Å². The third-order valence-electron chi connectivity index (χ3n) is 15.3. The second-order valence-corrected chi connectivity index (χ2v) is 21.3. The fourth-order valence-corrected chi connectivity index (χ4v) is 10.8. The van der Waals surface area contributed by atoms with Gasteiger partial charge in [-0.05, 0) is 99.3 Å². The Morgan fingerprint density at radius 2 is 1.63 bits per heavy atom. The summed E-state index contributed by atoms with van der Waals surface area (Å²) < 4.78 is 43.6. The van der Waals surface area contributed by atoms with Crippen LogP contribution in [0.15, 0.2) is 16.9 Å². The summed E-state index contributed by atoms with van der Waals surface area (Å²) in [6.45, 7) is 7.03. The number of carbonyl (C=O) groups excluding carboxylic acids is 8. The van der Waals surface area contributed by atoms with Gasteiger partial charge in [0.1, 0.15) is 44.4 Å². The number of halogens is 1. The number of hydrogen-bond donors (Lipinski definition) is 10. The fraction of sp³-hybridized carbons (Fsp3) is 0.600. The molecule has 4 heterocycles. The minimum atomic E-state index is -2.04. The molecular formula is C55H76FN11O15. The minimum Gasteiger partial charge on any atom is -0.458 e. The van der Waals surface area contributed by atoms with Crippen molar-refractivity contribution in [2.75, 3.05) is 66.0 Å². The van der Waals surface area contributed by atoms with E-state index < -0.39 is 95.9 Å². The first-order valence-corrected chi connectivity index (χ1v) is 27.9. The minimum absolute atomic E-state index is 0.00441. The molecule has 1 saturated carbocycles. The number of rotatable bonds is 28. The van der Waals surface area contributed by atoms with E-state index in [2.05, 4.69) is 37.2 Å².